The molecule has 38 heavy (non-hydrogen) atoms. The van der Waals surface area contributed by atoms with Crippen molar-refractivity contribution in [2.45, 2.75) is 13.5 Å². The van der Waals surface area contributed by atoms with E-state index in [1.165, 1.54) is 13.2 Å². The first-order valence-electron chi connectivity index (χ1n) is 11.3. The second kappa shape index (κ2) is 11.9. The summed E-state index contributed by atoms with van der Waals surface area (Å²) in [4.78, 5) is 38.6. The van der Waals surface area contributed by atoms with Gasteiger partial charge in [0.2, 0.25) is 5.91 Å². The minimum atomic E-state index is -0.687. The second-order valence-electron chi connectivity index (χ2n) is 8.37. The van der Waals surface area contributed by atoms with Gasteiger partial charge < -0.3 is 20.1 Å². The molecule has 1 aliphatic heterocycles. The van der Waals surface area contributed by atoms with Crippen molar-refractivity contribution >= 4 is 68.7 Å². The van der Waals surface area contributed by atoms with Crippen molar-refractivity contribution in [3.63, 3.8) is 0 Å². The molecule has 1 heterocycles. The van der Waals surface area contributed by atoms with Crippen LogP contribution in [0.15, 0.2) is 64.8 Å². The number of ether oxygens (including phenoxy) is 2. The number of methoxy groups -OCH3 is 1. The van der Waals surface area contributed by atoms with Crippen molar-refractivity contribution in [1.82, 2.24) is 10.2 Å². The van der Waals surface area contributed by atoms with Gasteiger partial charge >= 0.3 is 6.03 Å². The number of urea groups is 1. The summed E-state index contributed by atoms with van der Waals surface area (Å²) >= 11 is 15.5. The van der Waals surface area contributed by atoms with Crippen LogP contribution in [-0.4, -0.2) is 36.4 Å². The fraction of sp³-hybridized carbons (Fsp3) is 0.148. The van der Waals surface area contributed by atoms with Gasteiger partial charge in [0.15, 0.2) is 11.5 Å². The number of benzene rings is 3. The van der Waals surface area contributed by atoms with Crippen molar-refractivity contribution in [1.29, 1.82) is 0 Å². The van der Waals surface area contributed by atoms with Crippen LogP contribution in [0, 0.1) is 6.92 Å². The van der Waals surface area contributed by atoms with E-state index in [1.54, 1.807) is 48.5 Å². The molecule has 3 aromatic rings. The molecule has 4 amide bonds. The molecule has 1 saturated heterocycles. The Hall–Kier alpha value is -3.53. The average molecular weight is 619 g/mol. The molecular weight excluding hydrogens is 597 g/mol. The minimum absolute atomic E-state index is 0.0248. The molecule has 0 unspecified atom stereocenters. The monoisotopic (exact) mass is 617 g/mol. The largest absolute Gasteiger partial charge is 0.493 e. The third-order valence-corrected chi connectivity index (χ3v) is 6.82. The molecule has 0 atom stereocenters. The van der Waals surface area contributed by atoms with Crippen molar-refractivity contribution in [2.24, 2.45) is 0 Å². The van der Waals surface area contributed by atoms with Crippen LogP contribution in [0.25, 0.3) is 6.08 Å². The van der Waals surface area contributed by atoms with Crippen LogP contribution in [0.4, 0.5) is 10.5 Å². The highest BCUT2D eigenvalue weighted by Crippen LogP contribution is 2.38. The van der Waals surface area contributed by atoms with Crippen LogP contribution in [0.2, 0.25) is 10.0 Å². The van der Waals surface area contributed by atoms with Gasteiger partial charge in [-0.1, -0.05) is 41.4 Å². The fourth-order valence-electron chi connectivity index (χ4n) is 3.70. The summed E-state index contributed by atoms with van der Waals surface area (Å²) in [6, 6.07) is 15.1. The third kappa shape index (κ3) is 6.48. The fourth-order valence-corrected chi connectivity index (χ4v) is 4.59. The molecule has 0 aliphatic carbocycles. The Labute approximate surface area is 237 Å². The summed E-state index contributed by atoms with van der Waals surface area (Å²) in [6.07, 6.45) is 1.49. The molecule has 0 saturated carbocycles. The molecule has 4 rings (SSSR count). The van der Waals surface area contributed by atoms with Gasteiger partial charge in [-0.05, 0) is 82.0 Å². The first-order chi connectivity index (χ1) is 18.1. The molecule has 0 aromatic heterocycles. The van der Waals surface area contributed by atoms with Gasteiger partial charge in [0.25, 0.3) is 5.91 Å². The van der Waals surface area contributed by atoms with Gasteiger partial charge in [-0.2, -0.15) is 0 Å². The summed E-state index contributed by atoms with van der Waals surface area (Å²) in [6.45, 7) is 1.68. The number of nitrogens with zero attached hydrogens (tertiary/aromatic N) is 1. The summed E-state index contributed by atoms with van der Waals surface area (Å²) in [7, 11) is 1.49. The topological polar surface area (TPSA) is 97.0 Å². The third-order valence-electron chi connectivity index (χ3n) is 5.50. The number of imide groups is 1. The smallest absolute Gasteiger partial charge is 0.329 e. The quantitative estimate of drug-likeness (QED) is 0.232. The second-order valence-corrected chi connectivity index (χ2v) is 10.0. The van der Waals surface area contributed by atoms with Crippen LogP contribution in [0.5, 0.6) is 11.5 Å². The molecular formula is C27H22BrCl2N3O5. The van der Waals surface area contributed by atoms with Crippen LogP contribution in [0.3, 0.4) is 0 Å². The maximum absolute atomic E-state index is 12.9. The lowest BCUT2D eigenvalue weighted by Gasteiger charge is -2.14. The Bertz CT molecular complexity index is 1460. The van der Waals surface area contributed by atoms with Crippen LogP contribution < -0.4 is 20.1 Å². The SMILES string of the molecule is COc1cc(/C=C2/NC(=O)N(CC(=O)Nc3cccc(C)c3)C2=O)cc(Br)c1OCc1ccc(Cl)c(Cl)c1. The van der Waals surface area contributed by atoms with Crippen molar-refractivity contribution in [2.75, 3.05) is 19.0 Å². The lowest BCUT2D eigenvalue weighted by molar-refractivity contribution is -0.127. The number of hydrogen-bond donors (Lipinski definition) is 2. The Balaban J connectivity index is 1.47. The molecule has 0 bridgehead atoms. The van der Waals surface area contributed by atoms with E-state index in [-0.39, 0.29) is 12.3 Å². The maximum atomic E-state index is 12.9. The number of carbonyl (C=O) groups excluding carboxylic acids is 3. The van der Waals surface area contributed by atoms with Gasteiger partial charge in [-0.15, -0.1) is 0 Å². The number of rotatable bonds is 8. The Morgan fingerprint density at radius 1 is 1.11 bits per heavy atom. The number of aryl methyl sites for hydroxylation is 1. The van der Waals surface area contributed by atoms with E-state index in [2.05, 4.69) is 26.6 Å². The van der Waals surface area contributed by atoms with Gasteiger partial charge in [-0.25, -0.2) is 9.69 Å². The van der Waals surface area contributed by atoms with Crippen LogP contribution in [0.1, 0.15) is 16.7 Å². The number of nitrogens with one attached hydrogen (secondary N) is 2. The predicted molar refractivity (Wildman–Crippen MR) is 150 cm³/mol. The van der Waals surface area contributed by atoms with E-state index in [9.17, 15) is 14.4 Å². The molecule has 2 N–H and O–H groups in total. The Kier molecular flexibility index (Phi) is 8.61. The van der Waals surface area contributed by atoms with E-state index >= 15 is 0 Å². The zero-order chi connectivity index (χ0) is 27.4. The van der Waals surface area contributed by atoms with Gasteiger partial charge in [0.05, 0.1) is 21.6 Å². The summed E-state index contributed by atoms with van der Waals surface area (Å²) < 4.78 is 12.0. The van der Waals surface area contributed by atoms with E-state index in [0.717, 1.165) is 16.0 Å². The van der Waals surface area contributed by atoms with E-state index in [0.29, 0.717) is 37.3 Å². The first kappa shape index (κ1) is 27.5. The molecule has 3 aromatic carbocycles. The number of halogens is 3. The van der Waals surface area contributed by atoms with Gasteiger partial charge in [-0.3, -0.25) is 9.59 Å². The Morgan fingerprint density at radius 2 is 1.89 bits per heavy atom. The lowest BCUT2D eigenvalue weighted by atomic mass is 10.1. The molecule has 1 aliphatic rings. The maximum Gasteiger partial charge on any atom is 0.329 e. The highest BCUT2D eigenvalue weighted by Gasteiger charge is 2.35. The highest BCUT2D eigenvalue weighted by atomic mass is 79.9. The van der Waals surface area contributed by atoms with Crippen LogP contribution >= 0.6 is 39.1 Å². The average Bonchev–Trinajstić information content (AvgIpc) is 3.12. The molecule has 0 spiro atoms. The van der Waals surface area contributed by atoms with Crippen LogP contribution in [-0.2, 0) is 16.2 Å². The molecule has 1 fully saturated rings. The van der Waals surface area contributed by atoms with E-state index < -0.39 is 24.4 Å². The zero-order valence-electron chi connectivity index (χ0n) is 20.3. The predicted octanol–water partition coefficient (Wildman–Crippen LogP) is 6.18. The van der Waals surface area contributed by atoms with E-state index in [1.807, 2.05) is 13.0 Å². The van der Waals surface area contributed by atoms with Gasteiger partial charge in [0, 0.05) is 5.69 Å². The number of anilines is 1. The standard InChI is InChI=1S/C27H22BrCl2N3O5/c1-15-4-3-5-18(8-15)31-24(34)13-33-26(35)22(32-27(33)36)11-17-9-19(28)25(23(12-17)37-2)38-14-16-6-7-20(29)21(30)10-16/h3-12H,13-14H2,1-2H3,(H,31,34)(H,32,36)/b22-11+. The summed E-state index contributed by atoms with van der Waals surface area (Å²) in [5.74, 6) is -0.271. The van der Waals surface area contributed by atoms with E-state index in [4.69, 9.17) is 32.7 Å². The molecule has 196 valence electrons. The normalized spacial score (nSPS) is 14.0. The number of hydrogen-bond acceptors (Lipinski definition) is 5. The summed E-state index contributed by atoms with van der Waals surface area (Å²) in [5, 5.41) is 6.08. The zero-order valence-corrected chi connectivity index (χ0v) is 23.4. The summed E-state index contributed by atoms with van der Waals surface area (Å²) in [5.41, 5.74) is 2.94. The molecule has 11 heteroatoms. The lowest BCUT2D eigenvalue weighted by Crippen LogP contribution is -2.38. The van der Waals surface area contributed by atoms with Crippen molar-refractivity contribution < 1.29 is 23.9 Å². The van der Waals surface area contributed by atoms with Gasteiger partial charge in [0.1, 0.15) is 18.8 Å². The minimum Gasteiger partial charge on any atom is -0.493 e. The number of amides is 4. The molecule has 0 radical (unpaired) electrons. The Morgan fingerprint density at radius 3 is 2.61 bits per heavy atom. The highest BCUT2D eigenvalue weighted by molar-refractivity contribution is 9.10. The number of carbonyl (C=O) groups is 3. The van der Waals surface area contributed by atoms with Crippen molar-refractivity contribution in [3.8, 4) is 11.5 Å². The first-order valence-corrected chi connectivity index (χ1v) is 12.8. The molecule has 8 nitrogen and oxygen atoms in total. The van der Waals surface area contributed by atoms with Crippen molar-refractivity contribution in [3.05, 3.63) is 91.5 Å².